The Morgan fingerprint density at radius 3 is 2.94 bits per heavy atom. The molecule has 5 nitrogen and oxygen atoms in total. The van der Waals surface area contributed by atoms with E-state index in [0.29, 0.717) is 17.3 Å². The van der Waals surface area contributed by atoms with Crippen LogP contribution in [-0.2, 0) is 13.0 Å². The molecule has 0 spiro atoms. The van der Waals surface area contributed by atoms with Crippen molar-refractivity contribution >= 4 is 34.5 Å². The Morgan fingerprint density at radius 1 is 1.44 bits per heavy atom. The molecule has 0 saturated heterocycles. The molecule has 0 N–H and O–H groups in total. The number of ether oxygens (including phenoxy) is 1. The third kappa shape index (κ3) is 2.54. The van der Waals surface area contributed by atoms with E-state index < -0.39 is 0 Å². The lowest BCUT2D eigenvalue weighted by molar-refractivity contribution is 0.401. The van der Waals surface area contributed by atoms with E-state index in [9.17, 15) is 0 Å². The summed E-state index contributed by atoms with van der Waals surface area (Å²) in [5.74, 6) is 3.00. The van der Waals surface area contributed by atoms with Gasteiger partial charge in [-0.1, -0.05) is 0 Å². The van der Waals surface area contributed by atoms with Crippen molar-refractivity contribution in [3.8, 4) is 5.88 Å². The van der Waals surface area contributed by atoms with Crippen molar-refractivity contribution in [2.45, 2.75) is 13.0 Å². The SMILES string of the molecule is COc1ncnc2c1nc(CCCl)n2CCSC. The number of rotatable bonds is 6. The van der Waals surface area contributed by atoms with Crippen LogP contribution in [0.1, 0.15) is 5.82 Å². The van der Waals surface area contributed by atoms with Gasteiger partial charge in [0.2, 0.25) is 5.88 Å². The van der Waals surface area contributed by atoms with E-state index in [1.165, 1.54) is 6.33 Å². The van der Waals surface area contributed by atoms with Crippen LogP contribution in [-0.4, -0.2) is 44.5 Å². The molecule has 0 aliphatic carbocycles. The molecule has 0 amide bonds. The minimum atomic E-state index is 0.513. The first-order valence-corrected chi connectivity index (χ1v) is 7.53. The molecule has 7 heteroatoms. The first kappa shape index (κ1) is 13.4. The number of aromatic nitrogens is 4. The Kier molecular flexibility index (Phi) is 4.66. The Balaban J connectivity index is 2.52. The summed E-state index contributed by atoms with van der Waals surface area (Å²) >= 11 is 7.61. The first-order chi connectivity index (χ1) is 8.81. The number of fused-ring (bicyclic) bond motifs is 1. The molecule has 2 aromatic rings. The van der Waals surface area contributed by atoms with Gasteiger partial charge in [-0.05, 0) is 6.26 Å². The number of hydrogen-bond acceptors (Lipinski definition) is 5. The van der Waals surface area contributed by atoms with E-state index in [1.807, 2.05) is 0 Å². The quantitative estimate of drug-likeness (QED) is 0.760. The van der Waals surface area contributed by atoms with E-state index in [0.717, 1.165) is 30.2 Å². The number of hydrogen-bond donors (Lipinski definition) is 0. The number of methoxy groups -OCH3 is 1. The summed E-state index contributed by atoms with van der Waals surface area (Å²) in [5, 5.41) is 0. The van der Waals surface area contributed by atoms with Crippen molar-refractivity contribution < 1.29 is 4.74 Å². The second-order valence-corrected chi connectivity index (χ2v) is 5.03. The van der Waals surface area contributed by atoms with Crippen LogP contribution in [0.5, 0.6) is 5.88 Å². The number of aryl methyl sites for hydroxylation is 2. The second-order valence-electron chi connectivity index (χ2n) is 3.67. The first-order valence-electron chi connectivity index (χ1n) is 5.60. The monoisotopic (exact) mass is 286 g/mol. The highest BCUT2D eigenvalue weighted by Gasteiger charge is 2.15. The van der Waals surface area contributed by atoms with Crippen LogP contribution >= 0.6 is 23.4 Å². The van der Waals surface area contributed by atoms with Crippen LogP contribution < -0.4 is 4.74 Å². The van der Waals surface area contributed by atoms with Gasteiger partial charge in [-0.3, -0.25) is 0 Å². The Morgan fingerprint density at radius 2 is 2.28 bits per heavy atom. The van der Waals surface area contributed by atoms with E-state index in [4.69, 9.17) is 16.3 Å². The van der Waals surface area contributed by atoms with Crippen LogP contribution in [0.2, 0.25) is 0 Å². The number of imidazole rings is 1. The predicted molar refractivity (Wildman–Crippen MR) is 74.7 cm³/mol. The molecule has 98 valence electrons. The zero-order valence-corrected chi connectivity index (χ0v) is 12.0. The largest absolute Gasteiger partial charge is 0.479 e. The maximum Gasteiger partial charge on any atom is 0.245 e. The summed E-state index contributed by atoms with van der Waals surface area (Å²) in [6.07, 6.45) is 4.30. The van der Waals surface area contributed by atoms with Crippen LogP contribution in [0.3, 0.4) is 0 Å². The highest BCUT2D eigenvalue weighted by Crippen LogP contribution is 2.22. The van der Waals surface area contributed by atoms with Crippen molar-refractivity contribution in [3.63, 3.8) is 0 Å². The Hall–Kier alpha value is -1.01. The molecule has 0 aromatic carbocycles. The fraction of sp³-hybridized carbons (Fsp3) is 0.545. The zero-order valence-electron chi connectivity index (χ0n) is 10.4. The highest BCUT2D eigenvalue weighted by atomic mass is 35.5. The number of halogens is 1. The predicted octanol–water partition coefficient (Wildman–Crippen LogP) is 1.98. The Bertz CT molecular complexity index is 531. The lowest BCUT2D eigenvalue weighted by Gasteiger charge is -2.06. The molecule has 0 fully saturated rings. The van der Waals surface area contributed by atoms with Gasteiger partial charge in [0.1, 0.15) is 12.2 Å². The standard InChI is InChI=1S/C11H15ClN4OS/c1-17-11-9-10(13-7-14-11)16(5-6-18-2)8(15-9)3-4-12/h7H,3-6H2,1-2H3. The molecular formula is C11H15ClN4OS. The topological polar surface area (TPSA) is 52.8 Å². The van der Waals surface area contributed by atoms with Crippen molar-refractivity contribution in [2.75, 3.05) is 25.0 Å². The second kappa shape index (κ2) is 6.24. The third-order valence-corrected chi connectivity index (χ3v) is 3.39. The van der Waals surface area contributed by atoms with Gasteiger partial charge in [0.15, 0.2) is 11.2 Å². The molecule has 2 heterocycles. The zero-order chi connectivity index (χ0) is 13.0. The lowest BCUT2D eigenvalue weighted by atomic mass is 10.4. The molecule has 18 heavy (non-hydrogen) atoms. The molecule has 2 rings (SSSR count). The Labute approximate surface area is 115 Å². The average Bonchev–Trinajstić information content (AvgIpc) is 2.74. The third-order valence-electron chi connectivity index (χ3n) is 2.61. The van der Waals surface area contributed by atoms with Crippen molar-refractivity contribution in [1.29, 1.82) is 0 Å². The number of thioether (sulfide) groups is 1. The maximum absolute atomic E-state index is 5.82. The van der Waals surface area contributed by atoms with Gasteiger partial charge in [-0.25, -0.2) is 9.97 Å². The minimum Gasteiger partial charge on any atom is -0.479 e. The summed E-state index contributed by atoms with van der Waals surface area (Å²) in [6.45, 7) is 0.865. The molecule has 0 aliphatic rings. The van der Waals surface area contributed by atoms with Crippen molar-refractivity contribution in [3.05, 3.63) is 12.2 Å². The van der Waals surface area contributed by atoms with Crippen molar-refractivity contribution in [1.82, 2.24) is 19.5 Å². The summed E-state index contributed by atoms with van der Waals surface area (Å²) in [6, 6.07) is 0. The highest BCUT2D eigenvalue weighted by molar-refractivity contribution is 7.98. The normalized spacial score (nSPS) is 11.1. The van der Waals surface area contributed by atoms with Gasteiger partial charge in [-0.2, -0.15) is 16.7 Å². The lowest BCUT2D eigenvalue weighted by Crippen LogP contribution is -2.07. The average molecular weight is 287 g/mol. The van der Waals surface area contributed by atoms with E-state index in [2.05, 4.69) is 25.8 Å². The molecule has 0 saturated carbocycles. The van der Waals surface area contributed by atoms with Gasteiger partial charge in [0, 0.05) is 24.6 Å². The number of nitrogens with zero attached hydrogens (tertiary/aromatic N) is 4. The molecule has 0 bridgehead atoms. The summed E-state index contributed by atoms with van der Waals surface area (Å²) in [5.41, 5.74) is 1.53. The van der Waals surface area contributed by atoms with Gasteiger partial charge in [-0.15, -0.1) is 11.6 Å². The van der Waals surface area contributed by atoms with Gasteiger partial charge in [0.05, 0.1) is 7.11 Å². The summed E-state index contributed by atoms with van der Waals surface area (Å²) < 4.78 is 7.31. The van der Waals surface area contributed by atoms with Crippen LogP contribution in [0.4, 0.5) is 0 Å². The smallest absolute Gasteiger partial charge is 0.245 e. The molecule has 0 atom stereocenters. The van der Waals surface area contributed by atoms with E-state index in [-0.39, 0.29) is 0 Å². The summed E-state index contributed by atoms with van der Waals surface area (Å²) in [4.78, 5) is 12.9. The van der Waals surface area contributed by atoms with Gasteiger partial charge >= 0.3 is 0 Å². The molecular weight excluding hydrogens is 272 g/mol. The minimum absolute atomic E-state index is 0.513. The molecule has 2 aromatic heterocycles. The van der Waals surface area contributed by atoms with E-state index >= 15 is 0 Å². The van der Waals surface area contributed by atoms with Gasteiger partial charge in [0.25, 0.3) is 0 Å². The van der Waals surface area contributed by atoms with E-state index in [1.54, 1.807) is 18.9 Å². The maximum atomic E-state index is 5.82. The van der Waals surface area contributed by atoms with Crippen LogP contribution in [0.15, 0.2) is 6.33 Å². The fourth-order valence-corrected chi connectivity index (χ4v) is 2.34. The fourth-order valence-electron chi connectivity index (χ4n) is 1.80. The van der Waals surface area contributed by atoms with Crippen molar-refractivity contribution in [2.24, 2.45) is 0 Å². The molecule has 0 aliphatic heterocycles. The van der Waals surface area contributed by atoms with Gasteiger partial charge < -0.3 is 9.30 Å². The molecule has 0 unspecified atom stereocenters. The van der Waals surface area contributed by atoms with Crippen LogP contribution in [0, 0.1) is 0 Å². The number of alkyl halides is 1. The summed E-state index contributed by atoms with van der Waals surface area (Å²) in [7, 11) is 1.59. The van der Waals surface area contributed by atoms with Crippen LogP contribution in [0.25, 0.3) is 11.2 Å². The molecule has 0 radical (unpaired) electrons.